The van der Waals surface area contributed by atoms with E-state index in [1.54, 1.807) is 12.1 Å². The van der Waals surface area contributed by atoms with Crippen LogP contribution in [0, 0.1) is 6.92 Å². The third-order valence-corrected chi connectivity index (χ3v) is 3.97. The number of halogens is 1. The van der Waals surface area contributed by atoms with Crippen molar-refractivity contribution in [2.75, 3.05) is 5.32 Å². The van der Waals surface area contributed by atoms with Crippen LogP contribution in [0.4, 0.5) is 5.82 Å². The maximum Gasteiger partial charge on any atom is 0.231 e. The van der Waals surface area contributed by atoms with Crippen LogP contribution in [-0.4, -0.2) is 15.9 Å². The summed E-state index contributed by atoms with van der Waals surface area (Å²) in [6.07, 6.45) is 1.66. The second kappa shape index (κ2) is 6.29. The molecule has 0 bridgehead atoms. The standard InChI is InChI=1S/C15H12ClN3O2S/c1-9-2-4-12(21-9)15-18-11(8-22-15)6-14(20)19-13-5-3-10(16)7-17-13/h2-5,7-8H,6H2,1H3,(H,17,19,20). The molecule has 1 amide bonds. The molecule has 3 aromatic heterocycles. The van der Waals surface area contributed by atoms with Gasteiger partial charge in [-0.25, -0.2) is 9.97 Å². The van der Waals surface area contributed by atoms with Crippen molar-refractivity contribution in [1.82, 2.24) is 9.97 Å². The Morgan fingerprint density at radius 2 is 2.23 bits per heavy atom. The van der Waals surface area contributed by atoms with E-state index in [2.05, 4.69) is 15.3 Å². The molecule has 1 N–H and O–H groups in total. The SMILES string of the molecule is Cc1ccc(-c2nc(CC(=O)Nc3ccc(Cl)cn3)cs2)o1. The van der Waals surface area contributed by atoms with Crippen LogP contribution in [0.25, 0.3) is 10.8 Å². The molecule has 5 nitrogen and oxygen atoms in total. The normalized spacial score (nSPS) is 10.6. The first-order chi connectivity index (χ1) is 10.6. The van der Waals surface area contributed by atoms with E-state index in [1.807, 2.05) is 24.4 Å². The van der Waals surface area contributed by atoms with Crippen molar-refractivity contribution in [3.05, 3.63) is 52.3 Å². The summed E-state index contributed by atoms with van der Waals surface area (Å²) in [6, 6.07) is 7.08. The average Bonchev–Trinajstić information content (AvgIpc) is 3.10. The lowest BCUT2D eigenvalue weighted by molar-refractivity contribution is -0.115. The van der Waals surface area contributed by atoms with Gasteiger partial charge in [0.1, 0.15) is 11.6 Å². The Morgan fingerprint density at radius 3 is 2.91 bits per heavy atom. The third-order valence-electron chi connectivity index (χ3n) is 2.84. The molecule has 0 unspecified atom stereocenters. The van der Waals surface area contributed by atoms with Crippen molar-refractivity contribution in [2.45, 2.75) is 13.3 Å². The molecule has 0 aliphatic rings. The molecular weight excluding hydrogens is 322 g/mol. The van der Waals surface area contributed by atoms with E-state index >= 15 is 0 Å². The highest BCUT2D eigenvalue weighted by Gasteiger charge is 2.11. The minimum absolute atomic E-state index is 0.178. The molecule has 22 heavy (non-hydrogen) atoms. The van der Waals surface area contributed by atoms with Gasteiger partial charge in [-0.3, -0.25) is 4.79 Å². The smallest absolute Gasteiger partial charge is 0.231 e. The van der Waals surface area contributed by atoms with Crippen molar-refractivity contribution >= 4 is 34.7 Å². The number of aromatic nitrogens is 2. The van der Waals surface area contributed by atoms with E-state index in [1.165, 1.54) is 17.5 Å². The highest BCUT2D eigenvalue weighted by atomic mass is 35.5. The van der Waals surface area contributed by atoms with Crippen LogP contribution in [0.15, 0.2) is 40.3 Å². The molecule has 0 aromatic carbocycles. The number of carbonyl (C=O) groups is 1. The Kier molecular flexibility index (Phi) is 4.22. The summed E-state index contributed by atoms with van der Waals surface area (Å²) in [5.74, 6) is 1.83. The largest absolute Gasteiger partial charge is 0.459 e. The number of aryl methyl sites for hydroxylation is 1. The van der Waals surface area contributed by atoms with Gasteiger partial charge in [0.25, 0.3) is 0 Å². The first-order valence-corrected chi connectivity index (χ1v) is 7.78. The quantitative estimate of drug-likeness (QED) is 0.785. The maximum atomic E-state index is 12.0. The number of rotatable bonds is 4. The second-order valence-electron chi connectivity index (χ2n) is 4.64. The molecule has 3 rings (SSSR count). The van der Waals surface area contributed by atoms with Crippen molar-refractivity contribution < 1.29 is 9.21 Å². The second-order valence-corrected chi connectivity index (χ2v) is 5.94. The van der Waals surface area contributed by atoms with Gasteiger partial charge in [0.05, 0.1) is 17.1 Å². The molecule has 3 heterocycles. The van der Waals surface area contributed by atoms with Crippen LogP contribution < -0.4 is 5.32 Å². The van der Waals surface area contributed by atoms with Crippen molar-refractivity contribution in [3.8, 4) is 10.8 Å². The summed E-state index contributed by atoms with van der Waals surface area (Å²) in [5, 5.41) is 5.84. The Bertz CT molecular complexity index is 795. The van der Waals surface area contributed by atoms with E-state index in [4.69, 9.17) is 16.0 Å². The molecule has 112 valence electrons. The van der Waals surface area contributed by atoms with Crippen LogP contribution in [0.1, 0.15) is 11.5 Å². The van der Waals surface area contributed by atoms with Crippen LogP contribution in [-0.2, 0) is 11.2 Å². The van der Waals surface area contributed by atoms with Gasteiger partial charge in [0.2, 0.25) is 5.91 Å². The van der Waals surface area contributed by atoms with Crippen molar-refractivity contribution in [1.29, 1.82) is 0 Å². The van der Waals surface area contributed by atoms with E-state index in [0.717, 1.165) is 10.8 Å². The number of carbonyl (C=O) groups excluding carboxylic acids is 1. The average molecular weight is 334 g/mol. The maximum absolute atomic E-state index is 12.0. The molecule has 0 atom stereocenters. The van der Waals surface area contributed by atoms with Crippen molar-refractivity contribution in [3.63, 3.8) is 0 Å². The van der Waals surface area contributed by atoms with Gasteiger partial charge in [-0.05, 0) is 31.2 Å². The van der Waals surface area contributed by atoms with Crippen molar-refractivity contribution in [2.24, 2.45) is 0 Å². The lowest BCUT2D eigenvalue weighted by Gasteiger charge is -2.02. The van der Waals surface area contributed by atoms with E-state index in [9.17, 15) is 4.79 Å². The highest BCUT2D eigenvalue weighted by Crippen LogP contribution is 2.25. The summed E-state index contributed by atoms with van der Waals surface area (Å²) in [6.45, 7) is 1.88. The molecule has 0 aliphatic carbocycles. The van der Waals surface area contributed by atoms with Gasteiger partial charge in [-0.1, -0.05) is 11.6 Å². The van der Waals surface area contributed by atoms with Gasteiger partial charge >= 0.3 is 0 Å². The Labute approximate surface area is 136 Å². The first kappa shape index (κ1) is 14.7. The zero-order chi connectivity index (χ0) is 15.5. The van der Waals surface area contributed by atoms with E-state index in [-0.39, 0.29) is 12.3 Å². The number of furan rings is 1. The number of hydrogen-bond donors (Lipinski definition) is 1. The monoisotopic (exact) mass is 333 g/mol. The minimum Gasteiger partial charge on any atom is -0.459 e. The van der Waals surface area contributed by atoms with E-state index < -0.39 is 0 Å². The molecule has 0 radical (unpaired) electrons. The highest BCUT2D eigenvalue weighted by molar-refractivity contribution is 7.13. The van der Waals surface area contributed by atoms with Gasteiger partial charge in [-0.2, -0.15) is 0 Å². The predicted octanol–water partition coefficient (Wildman–Crippen LogP) is 3.94. The molecule has 7 heteroatoms. The summed E-state index contributed by atoms with van der Waals surface area (Å²) in [5.41, 5.74) is 0.695. The fourth-order valence-electron chi connectivity index (χ4n) is 1.85. The fourth-order valence-corrected chi connectivity index (χ4v) is 2.74. The summed E-state index contributed by atoms with van der Waals surface area (Å²) in [7, 11) is 0. The minimum atomic E-state index is -0.178. The molecule has 0 aliphatic heterocycles. The number of nitrogens with one attached hydrogen (secondary N) is 1. The summed E-state index contributed by atoms with van der Waals surface area (Å²) >= 11 is 7.20. The summed E-state index contributed by atoms with van der Waals surface area (Å²) < 4.78 is 5.52. The van der Waals surface area contributed by atoms with Crippen LogP contribution in [0.2, 0.25) is 5.02 Å². The van der Waals surface area contributed by atoms with Gasteiger partial charge in [0, 0.05) is 11.6 Å². The zero-order valence-electron chi connectivity index (χ0n) is 11.7. The van der Waals surface area contributed by atoms with Crippen LogP contribution in [0.5, 0.6) is 0 Å². The Hall–Kier alpha value is -2.18. The topological polar surface area (TPSA) is 68.0 Å². The van der Waals surface area contributed by atoms with Gasteiger partial charge in [-0.15, -0.1) is 11.3 Å². The first-order valence-electron chi connectivity index (χ1n) is 6.53. The Morgan fingerprint density at radius 1 is 1.36 bits per heavy atom. The fraction of sp³-hybridized carbons (Fsp3) is 0.133. The molecule has 3 aromatic rings. The number of pyridine rings is 1. The molecular formula is C15H12ClN3O2S. The van der Waals surface area contributed by atoms with Gasteiger partial charge < -0.3 is 9.73 Å². The molecule has 0 saturated carbocycles. The number of hydrogen-bond acceptors (Lipinski definition) is 5. The third kappa shape index (κ3) is 3.52. The number of amides is 1. The van der Waals surface area contributed by atoms with Crippen LogP contribution >= 0.6 is 22.9 Å². The van der Waals surface area contributed by atoms with Gasteiger partial charge in [0.15, 0.2) is 10.8 Å². The summed E-state index contributed by atoms with van der Waals surface area (Å²) in [4.78, 5) is 20.4. The molecule has 0 spiro atoms. The lowest BCUT2D eigenvalue weighted by Crippen LogP contribution is -2.15. The zero-order valence-corrected chi connectivity index (χ0v) is 13.2. The predicted molar refractivity (Wildman–Crippen MR) is 86.1 cm³/mol. The number of anilines is 1. The number of nitrogens with zero attached hydrogens (tertiary/aromatic N) is 2. The lowest BCUT2D eigenvalue weighted by atomic mass is 10.3. The molecule has 0 saturated heterocycles. The van der Waals surface area contributed by atoms with Crippen LogP contribution in [0.3, 0.4) is 0 Å². The number of thiazole rings is 1. The Balaban J connectivity index is 1.64. The van der Waals surface area contributed by atoms with E-state index in [0.29, 0.717) is 22.3 Å². The molecule has 0 fully saturated rings.